The minimum absolute atomic E-state index is 0.192. The molecule has 182 valence electrons. The van der Waals surface area contributed by atoms with Crippen molar-refractivity contribution in [3.05, 3.63) is 107 Å². The number of nitrogens with zero attached hydrogens (tertiary/aromatic N) is 1. The van der Waals surface area contributed by atoms with E-state index >= 15 is 0 Å². The quantitative estimate of drug-likeness (QED) is 0.132. The van der Waals surface area contributed by atoms with Gasteiger partial charge in [-0.15, -0.1) is 0 Å². The number of fused-ring (bicyclic) bond motifs is 1. The first-order valence-corrected chi connectivity index (χ1v) is 11.8. The lowest BCUT2D eigenvalue weighted by Gasteiger charge is -2.11. The predicted octanol–water partition coefficient (Wildman–Crippen LogP) is 6.36. The molecular formula is C29H25ClN2O4. The molecule has 0 bridgehead atoms. The Morgan fingerprint density at radius 2 is 1.67 bits per heavy atom. The Hall–Kier alpha value is -4.16. The fraction of sp³-hybridized carbons (Fsp3) is 0.138. The van der Waals surface area contributed by atoms with Crippen molar-refractivity contribution in [1.82, 2.24) is 5.43 Å². The zero-order valence-corrected chi connectivity index (χ0v) is 20.7. The zero-order valence-electron chi connectivity index (χ0n) is 19.9. The summed E-state index contributed by atoms with van der Waals surface area (Å²) in [6.07, 6.45) is 1.45. The van der Waals surface area contributed by atoms with Gasteiger partial charge in [-0.2, -0.15) is 5.10 Å². The van der Waals surface area contributed by atoms with Gasteiger partial charge in [-0.1, -0.05) is 80.0 Å². The summed E-state index contributed by atoms with van der Waals surface area (Å²) in [5.41, 5.74) is 4.45. The lowest BCUT2D eigenvalue weighted by Crippen LogP contribution is -2.24. The number of hydrazone groups is 1. The van der Waals surface area contributed by atoms with E-state index in [-0.39, 0.29) is 17.9 Å². The highest BCUT2D eigenvalue weighted by Crippen LogP contribution is 2.28. The molecule has 0 saturated carbocycles. The molecule has 4 aromatic rings. The number of carbonyl (C=O) groups is 2. The van der Waals surface area contributed by atoms with E-state index < -0.39 is 11.9 Å². The molecule has 36 heavy (non-hydrogen) atoms. The van der Waals surface area contributed by atoms with E-state index in [9.17, 15) is 9.59 Å². The minimum atomic E-state index is -0.591. The van der Waals surface area contributed by atoms with Crippen molar-refractivity contribution in [3.8, 4) is 11.5 Å². The van der Waals surface area contributed by atoms with Gasteiger partial charge in [-0.05, 0) is 52.6 Å². The van der Waals surface area contributed by atoms with E-state index in [4.69, 9.17) is 21.1 Å². The van der Waals surface area contributed by atoms with Crippen molar-refractivity contribution >= 4 is 40.5 Å². The van der Waals surface area contributed by atoms with Crippen LogP contribution in [0.15, 0.2) is 90.0 Å². The summed E-state index contributed by atoms with van der Waals surface area (Å²) < 4.78 is 11.2. The number of esters is 1. The van der Waals surface area contributed by atoms with Crippen LogP contribution in [0.25, 0.3) is 10.8 Å². The molecule has 4 rings (SSSR count). The highest BCUT2D eigenvalue weighted by Gasteiger charge is 2.16. The highest BCUT2D eigenvalue weighted by molar-refractivity contribution is 6.33. The van der Waals surface area contributed by atoms with E-state index in [1.165, 1.54) is 11.8 Å². The first-order valence-electron chi connectivity index (χ1n) is 11.5. The van der Waals surface area contributed by atoms with Gasteiger partial charge in [-0.3, -0.25) is 4.79 Å². The standard InChI is InChI=1S/C29H25ClN2O4/c1-19(2)20-11-14-22(15-12-20)35-18-28(33)32-31-17-25-23-8-4-3-7-21(23)13-16-27(25)36-29(34)24-9-5-6-10-26(24)30/h3-17,19H,18H2,1-2H3,(H,32,33)/b31-17-. The Bertz CT molecular complexity index is 1410. The molecule has 0 unspecified atom stereocenters. The molecule has 1 N–H and O–H groups in total. The predicted molar refractivity (Wildman–Crippen MR) is 142 cm³/mol. The van der Waals surface area contributed by atoms with Gasteiger partial charge in [-0.25, -0.2) is 10.2 Å². The van der Waals surface area contributed by atoms with Gasteiger partial charge in [0.05, 0.1) is 16.8 Å². The Morgan fingerprint density at radius 1 is 0.944 bits per heavy atom. The summed E-state index contributed by atoms with van der Waals surface area (Å²) in [6.45, 7) is 4.03. The van der Waals surface area contributed by atoms with Crippen LogP contribution in [0.3, 0.4) is 0 Å². The number of halogens is 1. The third kappa shape index (κ3) is 6.09. The fourth-order valence-corrected chi connectivity index (χ4v) is 3.79. The lowest BCUT2D eigenvalue weighted by molar-refractivity contribution is -0.123. The Kier molecular flexibility index (Phi) is 7.98. The second-order valence-corrected chi connectivity index (χ2v) is 8.78. The highest BCUT2D eigenvalue weighted by atomic mass is 35.5. The number of carbonyl (C=O) groups excluding carboxylic acids is 2. The van der Waals surface area contributed by atoms with Gasteiger partial charge in [0.25, 0.3) is 5.91 Å². The second kappa shape index (κ2) is 11.5. The van der Waals surface area contributed by atoms with Crippen LogP contribution in [0.1, 0.15) is 41.3 Å². The maximum atomic E-state index is 12.7. The number of hydrogen-bond acceptors (Lipinski definition) is 5. The van der Waals surface area contributed by atoms with Gasteiger partial charge >= 0.3 is 5.97 Å². The molecule has 0 aliphatic rings. The molecule has 0 radical (unpaired) electrons. The Morgan fingerprint density at radius 3 is 2.42 bits per heavy atom. The molecule has 0 saturated heterocycles. The number of ether oxygens (including phenoxy) is 2. The average molecular weight is 501 g/mol. The van der Waals surface area contributed by atoms with Gasteiger partial charge in [0.2, 0.25) is 0 Å². The summed E-state index contributed by atoms with van der Waals surface area (Å²) in [5, 5.41) is 6.11. The molecule has 0 aromatic heterocycles. The number of amides is 1. The molecule has 4 aromatic carbocycles. The lowest BCUT2D eigenvalue weighted by atomic mass is 10.0. The van der Waals surface area contributed by atoms with Crippen LogP contribution >= 0.6 is 11.6 Å². The maximum absolute atomic E-state index is 12.7. The summed E-state index contributed by atoms with van der Waals surface area (Å²) in [4.78, 5) is 25.0. The number of nitrogens with one attached hydrogen (secondary N) is 1. The van der Waals surface area contributed by atoms with E-state index in [1.807, 2.05) is 54.6 Å². The molecule has 0 fully saturated rings. The van der Waals surface area contributed by atoms with Gasteiger partial charge in [0.15, 0.2) is 6.61 Å². The third-order valence-corrected chi connectivity index (χ3v) is 5.86. The van der Waals surface area contributed by atoms with Crippen LogP contribution in [-0.2, 0) is 4.79 Å². The van der Waals surface area contributed by atoms with Crippen LogP contribution in [0.2, 0.25) is 5.02 Å². The monoisotopic (exact) mass is 500 g/mol. The third-order valence-electron chi connectivity index (χ3n) is 5.53. The van der Waals surface area contributed by atoms with Gasteiger partial charge in [0, 0.05) is 5.56 Å². The average Bonchev–Trinajstić information content (AvgIpc) is 2.89. The normalized spacial score (nSPS) is 11.1. The van der Waals surface area contributed by atoms with Crippen molar-refractivity contribution in [2.45, 2.75) is 19.8 Å². The molecule has 6 nitrogen and oxygen atoms in total. The Labute approximate surface area is 214 Å². The zero-order chi connectivity index (χ0) is 25.5. The fourth-order valence-electron chi connectivity index (χ4n) is 3.58. The van der Waals surface area contributed by atoms with Crippen LogP contribution < -0.4 is 14.9 Å². The van der Waals surface area contributed by atoms with E-state index in [0.717, 1.165) is 10.8 Å². The van der Waals surface area contributed by atoms with E-state index in [1.54, 1.807) is 30.3 Å². The van der Waals surface area contributed by atoms with Crippen molar-refractivity contribution in [3.63, 3.8) is 0 Å². The van der Waals surface area contributed by atoms with Crippen LogP contribution in [0.5, 0.6) is 11.5 Å². The topological polar surface area (TPSA) is 77.0 Å². The summed E-state index contributed by atoms with van der Waals surface area (Å²) >= 11 is 6.15. The molecule has 0 atom stereocenters. The summed E-state index contributed by atoms with van der Waals surface area (Å²) in [6, 6.07) is 25.4. The van der Waals surface area contributed by atoms with E-state index in [0.29, 0.717) is 22.3 Å². The number of rotatable bonds is 8. The Balaban J connectivity index is 1.47. The van der Waals surface area contributed by atoms with Crippen LogP contribution in [0.4, 0.5) is 0 Å². The molecule has 0 aliphatic carbocycles. The first-order chi connectivity index (χ1) is 17.4. The molecule has 0 spiro atoms. The number of hydrogen-bond donors (Lipinski definition) is 1. The SMILES string of the molecule is CC(C)c1ccc(OCC(=O)N/N=C\c2c(OC(=O)c3ccccc3Cl)ccc3ccccc23)cc1. The molecule has 0 aliphatic heterocycles. The van der Waals surface area contributed by atoms with Crippen molar-refractivity contribution in [2.24, 2.45) is 5.10 Å². The van der Waals surface area contributed by atoms with Crippen LogP contribution in [0, 0.1) is 0 Å². The van der Waals surface area contributed by atoms with Gasteiger partial charge in [0.1, 0.15) is 11.5 Å². The van der Waals surface area contributed by atoms with E-state index in [2.05, 4.69) is 24.4 Å². The van der Waals surface area contributed by atoms with Crippen molar-refractivity contribution in [1.29, 1.82) is 0 Å². The smallest absolute Gasteiger partial charge is 0.345 e. The molecule has 7 heteroatoms. The molecule has 0 heterocycles. The largest absolute Gasteiger partial charge is 0.484 e. The molecular weight excluding hydrogens is 476 g/mol. The van der Waals surface area contributed by atoms with Crippen molar-refractivity contribution in [2.75, 3.05) is 6.61 Å². The van der Waals surface area contributed by atoms with Crippen LogP contribution in [-0.4, -0.2) is 24.7 Å². The van der Waals surface area contributed by atoms with Gasteiger partial charge < -0.3 is 9.47 Å². The van der Waals surface area contributed by atoms with Crippen molar-refractivity contribution < 1.29 is 19.1 Å². The second-order valence-electron chi connectivity index (χ2n) is 8.37. The summed E-state index contributed by atoms with van der Waals surface area (Å²) in [5.74, 6) is 0.291. The number of benzene rings is 4. The first kappa shape index (κ1) is 24.9. The maximum Gasteiger partial charge on any atom is 0.345 e. The molecule has 1 amide bonds. The minimum Gasteiger partial charge on any atom is -0.484 e. The summed E-state index contributed by atoms with van der Waals surface area (Å²) in [7, 11) is 0.